The Morgan fingerprint density at radius 3 is 2.44 bits per heavy atom. The molecule has 1 saturated heterocycles. The van der Waals surface area contributed by atoms with Gasteiger partial charge in [0.05, 0.1) is 19.7 Å². The zero-order chi connectivity index (χ0) is 18.6. The second-order valence-corrected chi connectivity index (χ2v) is 7.89. The van der Waals surface area contributed by atoms with E-state index in [1.165, 1.54) is 50.9 Å². The minimum Gasteiger partial charge on any atom is -0.497 e. The maximum absolute atomic E-state index is 5.36. The van der Waals surface area contributed by atoms with Crippen LogP contribution in [0.25, 0.3) is 0 Å². The molecule has 1 aliphatic heterocycles. The third kappa shape index (κ3) is 3.84. The van der Waals surface area contributed by atoms with E-state index in [-0.39, 0.29) is 6.04 Å². The van der Waals surface area contributed by atoms with Crippen molar-refractivity contribution in [3.8, 4) is 5.75 Å². The van der Waals surface area contributed by atoms with Gasteiger partial charge in [-0.05, 0) is 54.5 Å². The molecule has 0 unspecified atom stereocenters. The van der Waals surface area contributed by atoms with Crippen LogP contribution in [0, 0.1) is 0 Å². The van der Waals surface area contributed by atoms with Crippen molar-refractivity contribution in [3.05, 3.63) is 35.7 Å². The second-order valence-electron chi connectivity index (χ2n) is 7.89. The highest BCUT2D eigenvalue weighted by atomic mass is 16.5. The average molecular weight is 373 g/mol. The van der Waals surface area contributed by atoms with Crippen LogP contribution in [0.15, 0.2) is 24.3 Å². The molecule has 2 N–H and O–H groups in total. The number of aromatic nitrogens is 4. The molecule has 27 heavy (non-hydrogen) atoms. The normalized spacial score (nSPS) is 24.8. The van der Waals surface area contributed by atoms with Crippen molar-refractivity contribution in [2.75, 3.05) is 39.8 Å². The second kappa shape index (κ2) is 8.35. The van der Waals surface area contributed by atoms with Crippen LogP contribution in [0.3, 0.4) is 0 Å². The molecular formula is C20H32N6O+2. The molecule has 2 heterocycles. The van der Waals surface area contributed by atoms with E-state index in [4.69, 9.17) is 4.74 Å². The molecule has 1 aliphatic carbocycles. The van der Waals surface area contributed by atoms with Gasteiger partial charge in [0, 0.05) is 5.56 Å². The van der Waals surface area contributed by atoms with E-state index < -0.39 is 0 Å². The molecule has 0 spiro atoms. The number of methoxy groups -OCH3 is 1. The predicted molar refractivity (Wildman–Crippen MR) is 102 cm³/mol. The molecule has 146 valence electrons. The first kappa shape index (κ1) is 18.4. The quantitative estimate of drug-likeness (QED) is 0.730. The van der Waals surface area contributed by atoms with Crippen molar-refractivity contribution in [2.45, 2.75) is 44.7 Å². The number of nitrogens with zero attached hydrogens (tertiary/aromatic N) is 4. The molecule has 1 atom stereocenters. The number of hydrogen-bond donors (Lipinski definition) is 2. The summed E-state index contributed by atoms with van der Waals surface area (Å²) in [6.07, 6.45) is 4.94. The van der Waals surface area contributed by atoms with Crippen LogP contribution in [0.1, 0.15) is 56.1 Å². The summed E-state index contributed by atoms with van der Waals surface area (Å²) in [5.74, 6) is 1.92. The lowest BCUT2D eigenvalue weighted by Crippen LogP contribution is -3.28. The topological polar surface area (TPSA) is 61.7 Å². The third-order valence-electron chi connectivity index (χ3n) is 6.40. The fraction of sp³-hybridized carbons (Fsp3) is 0.650. The van der Waals surface area contributed by atoms with Gasteiger partial charge < -0.3 is 14.5 Å². The number of tetrazole rings is 1. The molecule has 4 rings (SSSR count). The van der Waals surface area contributed by atoms with E-state index in [1.807, 2.05) is 0 Å². The zero-order valence-corrected chi connectivity index (χ0v) is 16.5. The first-order valence-electron chi connectivity index (χ1n) is 10.4. The van der Waals surface area contributed by atoms with Crippen LogP contribution >= 0.6 is 0 Å². The number of piperazine rings is 1. The summed E-state index contributed by atoms with van der Waals surface area (Å²) < 4.78 is 7.50. The van der Waals surface area contributed by atoms with Gasteiger partial charge in [0.1, 0.15) is 31.9 Å². The highest BCUT2D eigenvalue weighted by Gasteiger charge is 2.36. The summed E-state index contributed by atoms with van der Waals surface area (Å²) >= 11 is 0. The van der Waals surface area contributed by atoms with Gasteiger partial charge in [0.15, 0.2) is 6.04 Å². The Balaban J connectivity index is 1.67. The van der Waals surface area contributed by atoms with E-state index in [0.717, 1.165) is 24.7 Å². The molecule has 1 aromatic carbocycles. The fourth-order valence-electron chi connectivity index (χ4n) is 4.73. The summed E-state index contributed by atoms with van der Waals surface area (Å²) in [6.45, 7) is 8.21. The SMILES string of the molecule is CC[NH+]1CC[NH+]([C@@H](c2ccc(OC)cc2)c2nnnn2C2CCCC2)CC1. The molecule has 7 heteroatoms. The summed E-state index contributed by atoms with van der Waals surface area (Å²) in [7, 11) is 1.71. The minimum atomic E-state index is 0.185. The summed E-state index contributed by atoms with van der Waals surface area (Å²) in [6, 6.07) is 9.12. The predicted octanol–water partition coefficient (Wildman–Crippen LogP) is -0.310. The van der Waals surface area contributed by atoms with E-state index >= 15 is 0 Å². The standard InChI is InChI=1S/C20H30N6O/c1-3-24-12-14-25(15-13-24)19(16-8-10-18(27-2)11-9-16)20-21-22-23-26(20)17-6-4-5-7-17/h8-11,17,19H,3-7,12-15H2,1-2H3/p+2/t19-/m0/s1. The number of likely N-dealkylation sites (N-methyl/N-ethyl adjacent to an activating group) is 1. The lowest BCUT2D eigenvalue weighted by atomic mass is 10.0. The number of nitrogens with one attached hydrogen (secondary N) is 2. The minimum absolute atomic E-state index is 0.185. The van der Waals surface area contributed by atoms with E-state index in [2.05, 4.69) is 51.4 Å². The van der Waals surface area contributed by atoms with Crippen molar-refractivity contribution in [1.82, 2.24) is 20.2 Å². The van der Waals surface area contributed by atoms with Gasteiger partial charge in [-0.25, -0.2) is 4.68 Å². The molecular weight excluding hydrogens is 340 g/mol. The maximum atomic E-state index is 5.36. The highest BCUT2D eigenvalue weighted by molar-refractivity contribution is 5.30. The molecule has 0 bridgehead atoms. The van der Waals surface area contributed by atoms with Gasteiger partial charge in [-0.1, -0.05) is 12.8 Å². The first-order valence-corrected chi connectivity index (χ1v) is 10.4. The number of ether oxygens (including phenoxy) is 1. The van der Waals surface area contributed by atoms with Crippen LogP contribution in [0.2, 0.25) is 0 Å². The summed E-state index contributed by atoms with van der Waals surface area (Å²) in [5, 5.41) is 13.0. The Hall–Kier alpha value is -1.99. The molecule has 2 aromatic rings. The first-order chi connectivity index (χ1) is 13.3. The molecule has 2 fully saturated rings. The van der Waals surface area contributed by atoms with Gasteiger partial charge in [-0.2, -0.15) is 0 Å². The molecule has 7 nitrogen and oxygen atoms in total. The molecule has 1 saturated carbocycles. The Morgan fingerprint density at radius 2 is 1.81 bits per heavy atom. The lowest BCUT2D eigenvalue weighted by molar-refractivity contribution is -1.02. The fourth-order valence-corrected chi connectivity index (χ4v) is 4.73. The van der Waals surface area contributed by atoms with Crippen molar-refractivity contribution < 1.29 is 14.5 Å². The van der Waals surface area contributed by atoms with Gasteiger partial charge in [-0.3, -0.25) is 0 Å². The Bertz CT molecular complexity index is 716. The van der Waals surface area contributed by atoms with E-state index in [9.17, 15) is 0 Å². The van der Waals surface area contributed by atoms with Crippen molar-refractivity contribution in [3.63, 3.8) is 0 Å². The van der Waals surface area contributed by atoms with Crippen LogP contribution in [0.4, 0.5) is 0 Å². The monoisotopic (exact) mass is 372 g/mol. The van der Waals surface area contributed by atoms with E-state index in [1.54, 1.807) is 16.9 Å². The zero-order valence-electron chi connectivity index (χ0n) is 16.5. The molecule has 0 radical (unpaired) electrons. The van der Waals surface area contributed by atoms with E-state index in [0.29, 0.717) is 6.04 Å². The lowest BCUT2D eigenvalue weighted by Gasteiger charge is -2.34. The maximum Gasteiger partial charge on any atom is 0.214 e. The van der Waals surface area contributed by atoms with Crippen molar-refractivity contribution >= 4 is 0 Å². The van der Waals surface area contributed by atoms with Crippen LogP contribution in [-0.2, 0) is 0 Å². The number of hydrogen-bond acceptors (Lipinski definition) is 4. The number of rotatable bonds is 6. The largest absolute Gasteiger partial charge is 0.497 e. The molecule has 2 aliphatic rings. The summed E-state index contributed by atoms with van der Waals surface area (Å²) in [5.41, 5.74) is 1.28. The molecule has 0 amide bonds. The van der Waals surface area contributed by atoms with Gasteiger partial charge >= 0.3 is 0 Å². The van der Waals surface area contributed by atoms with Gasteiger partial charge in [-0.15, -0.1) is 5.10 Å². The summed E-state index contributed by atoms with van der Waals surface area (Å²) in [4.78, 5) is 3.27. The van der Waals surface area contributed by atoms with Crippen LogP contribution in [-0.4, -0.2) is 60.0 Å². The van der Waals surface area contributed by atoms with Crippen LogP contribution in [0.5, 0.6) is 5.75 Å². The van der Waals surface area contributed by atoms with Crippen molar-refractivity contribution in [2.24, 2.45) is 0 Å². The Morgan fingerprint density at radius 1 is 1.11 bits per heavy atom. The smallest absolute Gasteiger partial charge is 0.214 e. The average Bonchev–Trinajstić information content (AvgIpc) is 3.41. The third-order valence-corrected chi connectivity index (χ3v) is 6.40. The van der Waals surface area contributed by atoms with Gasteiger partial charge in [0.2, 0.25) is 5.82 Å². The number of quaternary nitrogens is 2. The van der Waals surface area contributed by atoms with Gasteiger partial charge in [0.25, 0.3) is 0 Å². The Labute approximate surface area is 161 Å². The highest BCUT2D eigenvalue weighted by Crippen LogP contribution is 2.31. The number of benzene rings is 1. The van der Waals surface area contributed by atoms with Crippen molar-refractivity contribution in [1.29, 1.82) is 0 Å². The van der Waals surface area contributed by atoms with Crippen LogP contribution < -0.4 is 14.5 Å². The molecule has 1 aromatic heterocycles. The Kier molecular flexibility index (Phi) is 5.69.